The van der Waals surface area contributed by atoms with E-state index in [1.807, 2.05) is 0 Å². The predicted octanol–water partition coefficient (Wildman–Crippen LogP) is 2.51. The van der Waals surface area contributed by atoms with Gasteiger partial charge in [0, 0.05) is 17.7 Å². The van der Waals surface area contributed by atoms with E-state index < -0.39 is 5.82 Å². The summed E-state index contributed by atoms with van der Waals surface area (Å²) in [5.41, 5.74) is 6.35. The molecule has 0 aliphatic carbocycles. The molecule has 0 saturated heterocycles. The van der Waals surface area contributed by atoms with E-state index in [1.165, 1.54) is 19.2 Å². The normalized spacial score (nSPS) is 12.7. The van der Waals surface area contributed by atoms with Crippen LogP contribution < -0.4 is 10.5 Å². The molecular formula is C9H11ClFNO. The summed E-state index contributed by atoms with van der Waals surface area (Å²) < 4.78 is 17.9. The molecule has 0 amide bonds. The zero-order valence-corrected chi connectivity index (χ0v) is 8.23. The third-order valence-electron chi connectivity index (χ3n) is 1.76. The van der Waals surface area contributed by atoms with Crippen molar-refractivity contribution in [2.75, 3.05) is 7.11 Å². The summed E-state index contributed by atoms with van der Waals surface area (Å²) in [6, 6.07) is 2.49. The summed E-state index contributed by atoms with van der Waals surface area (Å²) in [6.07, 6.45) is 0. The summed E-state index contributed by atoms with van der Waals surface area (Å²) in [5, 5.41) is 0.0631. The van der Waals surface area contributed by atoms with Gasteiger partial charge in [0.2, 0.25) is 0 Å². The fourth-order valence-corrected chi connectivity index (χ4v) is 1.25. The monoisotopic (exact) mass is 203 g/mol. The van der Waals surface area contributed by atoms with E-state index >= 15 is 0 Å². The van der Waals surface area contributed by atoms with Crippen molar-refractivity contribution in [3.8, 4) is 5.75 Å². The molecule has 0 fully saturated rings. The van der Waals surface area contributed by atoms with Gasteiger partial charge in [-0.2, -0.15) is 0 Å². The lowest BCUT2D eigenvalue weighted by Crippen LogP contribution is -2.07. The highest BCUT2D eigenvalue weighted by Gasteiger charge is 2.11. The van der Waals surface area contributed by atoms with Gasteiger partial charge < -0.3 is 10.5 Å². The maximum atomic E-state index is 13.0. The number of ether oxygens (including phenoxy) is 1. The molecule has 4 heteroatoms. The molecule has 0 heterocycles. The van der Waals surface area contributed by atoms with Crippen molar-refractivity contribution in [3.63, 3.8) is 0 Å². The predicted molar refractivity (Wildman–Crippen MR) is 50.6 cm³/mol. The van der Waals surface area contributed by atoms with Gasteiger partial charge in [0.15, 0.2) is 0 Å². The third kappa shape index (κ3) is 2.11. The van der Waals surface area contributed by atoms with Crippen molar-refractivity contribution in [2.24, 2.45) is 5.73 Å². The first-order valence-electron chi connectivity index (χ1n) is 3.84. The van der Waals surface area contributed by atoms with Gasteiger partial charge >= 0.3 is 0 Å². The van der Waals surface area contributed by atoms with E-state index in [1.54, 1.807) is 6.92 Å². The van der Waals surface area contributed by atoms with Crippen LogP contribution in [0.15, 0.2) is 12.1 Å². The van der Waals surface area contributed by atoms with Gasteiger partial charge in [-0.05, 0) is 13.0 Å². The molecule has 0 aliphatic heterocycles. The van der Waals surface area contributed by atoms with Crippen molar-refractivity contribution in [1.29, 1.82) is 0 Å². The molecule has 0 radical (unpaired) electrons. The maximum Gasteiger partial charge on any atom is 0.145 e. The Morgan fingerprint density at radius 3 is 2.62 bits per heavy atom. The fraction of sp³-hybridized carbons (Fsp3) is 0.333. The van der Waals surface area contributed by atoms with Crippen LogP contribution >= 0.6 is 11.6 Å². The average molecular weight is 204 g/mol. The number of benzene rings is 1. The quantitative estimate of drug-likeness (QED) is 0.802. The highest BCUT2D eigenvalue weighted by atomic mass is 35.5. The van der Waals surface area contributed by atoms with Crippen LogP contribution in [0.5, 0.6) is 5.75 Å². The Morgan fingerprint density at radius 1 is 1.54 bits per heavy atom. The van der Waals surface area contributed by atoms with Gasteiger partial charge in [-0.15, -0.1) is 0 Å². The highest BCUT2D eigenvalue weighted by Crippen LogP contribution is 2.29. The fourth-order valence-electron chi connectivity index (χ4n) is 1.08. The van der Waals surface area contributed by atoms with Crippen LogP contribution in [0, 0.1) is 5.82 Å². The minimum absolute atomic E-state index is 0.0631. The van der Waals surface area contributed by atoms with E-state index in [0.29, 0.717) is 11.3 Å². The van der Waals surface area contributed by atoms with Crippen molar-refractivity contribution in [1.82, 2.24) is 0 Å². The zero-order valence-electron chi connectivity index (χ0n) is 7.47. The number of methoxy groups -OCH3 is 1. The Hall–Kier alpha value is -0.800. The summed E-state index contributed by atoms with van der Waals surface area (Å²) in [6.45, 7) is 1.78. The molecule has 0 aliphatic rings. The molecule has 1 aromatic rings. The van der Waals surface area contributed by atoms with Gasteiger partial charge in [-0.25, -0.2) is 4.39 Å². The molecular weight excluding hydrogens is 193 g/mol. The van der Waals surface area contributed by atoms with Crippen LogP contribution in [-0.4, -0.2) is 7.11 Å². The lowest BCUT2D eigenvalue weighted by Gasteiger charge is -2.12. The molecule has 1 unspecified atom stereocenters. The molecule has 13 heavy (non-hydrogen) atoms. The first kappa shape index (κ1) is 10.3. The second-order valence-electron chi connectivity index (χ2n) is 2.80. The first-order valence-corrected chi connectivity index (χ1v) is 4.22. The van der Waals surface area contributed by atoms with Crippen molar-refractivity contribution in [2.45, 2.75) is 13.0 Å². The molecule has 1 aromatic carbocycles. The number of hydrogen-bond acceptors (Lipinski definition) is 2. The van der Waals surface area contributed by atoms with Crippen LogP contribution in [0.2, 0.25) is 5.02 Å². The number of hydrogen-bond donors (Lipinski definition) is 1. The van der Waals surface area contributed by atoms with E-state index in [9.17, 15) is 4.39 Å². The Kier molecular flexibility index (Phi) is 3.12. The lowest BCUT2D eigenvalue weighted by molar-refractivity contribution is 0.403. The molecule has 1 rings (SSSR count). The average Bonchev–Trinajstić information content (AvgIpc) is 2.08. The SMILES string of the molecule is COc1cc(F)c(Cl)cc1C(C)N. The molecule has 2 nitrogen and oxygen atoms in total. The van der Waals surface area contributed by atoms with Gasteiger partial charge in [0.05, 0.1) is 12.1 Å². The van der Waals surface area contributed by atoms with Crippen molar-refractivity contribution < 1.29 is 9.13 Å². The van der Waals surface area contributed by atoms with Gasteiger partial charge in [0.1, 0.15) is 11.6 Å². The molecule has 2 N–H and O–H groups in total. The number of nitrogens with two attached hydrogens (primary N) is 1. The Labute approximate surface area is 81.4 Å². The minimum atomic E-state index is -0.497. The van der Waals surface area contributed by atoms with Crippen molar-refractivity contribution in [3.05, 3.63) is 28.5 Å². The Bertz CT molecular complexity index is 315. The molecule has 0 spiro atoms. The van der Waals surface area contributed by atoms with Crippen LogP contribution in [0.1, 0.15) is 18.5 Å². The van der Waals surface area contributed by atoms with E-state index in [-0.39, 0.29) is 11.1 Å². The second-order valence-corrected chi connectivity index (χ2v) is 3.20. The standard InChI is InChI=1S/C9H11ClFNO/c1-5(12)6-3-7(10)8(11)4-9(6)13-2/h3-5H,12H2,1-2H3. The Balaban J connectivity index is 3.25. The van der Waals surface area contributed by atoms with Gasteiger partial charge in [-0.1, -0.05) is 11.6 Å². The second kappa shape index (κ2) is 3.94. The molecule has 1 atom stereocenters. The van der Waals surface area contributed by atoms with Crippen molar-refractivity contribution >= 4 is 11.6 Å². The van der Waals surface area contributed by atoms with Crippen LogP contribution in [-0.2, 0) is 0 Å². The van der Waals surface area contributed by atoms with E-state index in [0.717, 1.165) is 0 Å². The van der Waals surface area contributed by atoms with E-state index in [4.69, 9.17) is 22.1 Å². The first-order chi connectivity index (χ1) is 6.06. The molecule has 72 valence electrons. The Morgan fingerprint density at radius 2 is 2.15 bits per heavy atom. The van der Waals surface area contributed by atoms with Crippen LogP contribution in [0.3, 0.4) is 0 Å². The number of rotatable bonds is 2. The summed E-state index contributed by atoms with van der Waals surface area (Å²) in [7, 11) is 1.47. The van der Waals surface area contributed by atoms with E-state index in [2.05, 4.69) is 0 Å². The smallest absolute Gasteiger partial charge is 0.145 e. The summed E-state index contributed by atoms with van der Waals surface area (Å²) in [4.78, 5) is 0. The maximum absolute atomic E-state index is 13.0. The highest BCUT2D eigenvalue weighted by molar-refractivity contribution is 6.30. The number of halogens is 2. The minimum Gasteiger partial charge on any atom is -0.496 e. The van der Waals surface area contributed by atoms with Gasteiger partial charge in [0.25, 0.3) is 0 Å². The topological polar surface area (TPSA) is 35.2 Å². The molecule has 0 saturated carbocycles. The summed E-state index contributed by atoms with van der Waals surface area (Å²) in [5.74, 6) is -0.0696. The zero-order chi connectivity index (χ0) is 10.0. The van der Waals surface area contributed by atoms with Crippen LogP contribution in [0.25, 0.3) is 0 Å². The van der Waals surface area contributed by atoms with Crippen LogP contribution in [0.4, 0.5) is 4.39 Å². The third-order valence-corrected chi connectivity index (χ3v) is 2.05. The lowest BCUT2D eigenvalue weighted by atomic mass is 10.1. The molecule has 0 bridgehead atoms. The molecule has 0 aromatic heterocycles. The largest absolute Gasteiger partial charge is 0.496 e. The van der Waals surface area contributed by atoms with Gasteiger partial charge in [-0.3, -0.25) is 0 Å². The summed E-state index contributed by atoms with van der Waals surface area (Å²) >= 11 is 5.60.